The third-order valence-electron chi connectivity index (χ3n) is 4.21. The summed E-state index contributed by atoms with van der Waals surface area (Å²) in [6.45, 7) is 2.61. The number of hydrogen-bond acceptors (Lipinski definition) is 5. The van der Waals surface area contributed by atoms with Gasteiger partial charge in [0.2, 0.25) is 0 Å². The van der Waals surface area contributed by atoms with Gasteiger partial charge < -0.3 is 14.6 Å². The Morgan fingerprint density at radius 2 is 2.09 bits per heavy atom. The van der Waals surface area contributed by atoms with Gasteiger partial charge in [-0.25, -0.2) is 0 Å². The molecule has 0 radical (unpaired) electrons. The molecule has 0 saturated carbocycles. The molecular formula is C17H16N2O4. The standard InChI is InChI=1S/C17H16N2O4/c1-17(21)13-5-6-18-10-14(13)19(16(17)20)12-4-2-3-11(9-12)15-22-7-8-23-15/h2-6,9-10,15,21H,7-8H2,1H3. The average Bonchev–Trinajstić information content (AvgIpc) is 3.16. The lowest BCUT2D eigenvalue weighted by Gasteiger charge is -2.21. The fourth-order valence-corrected chi connectivity index (χ4v) is 3.04. The maximum absolute atomic E-state index is 12.7. The van der Waals surface area contributed by atoms with Gasteiger partial charge in [0.05, 0.1) is 25.1 Å². The first-order valence-corrected chi connectivity index (χ1v) is 7.43. The zero-order valence-electron chi connectivity index (χ0n) is 12.6. The Morgan fingerprint density at radius 1 is 1.30 bits per heavy atom. The van der Waals surface area contributed by atoms with Gasteiger partial charge in [0.1, 0.15) is 0 Å². The van der Waals surface area contributed by atoms with E-state index >= 15 is 0 Å². The van der Waals surface area contributed by atoms with Gasteiger partial charge in [0.25, 0.3) is 5.91 Å². The van der Waals surface area contributed by atoms with Gasteiger partial charge >= 0.3 is 0 Å². The first kappa shape index (κ1) is 14.3. The molecular weight excluding hydrogens is 296 g/mol. The van der Waals surface area contributed by atoms with Crippen molar-refractivity contribution in [1.29, 1.82) is 0 Å². The predicted molar refractivity (Wildman–Crippen MR) is 82.0 cm³/mol. The molecule has 6 nitrogen and oxygen atoms in total. The molecule has 1 amide bonds. The first-order chi connectivity index (χ1) is 11.1. The summed E-state index contributed by atoms with van der Waals surface area (Å²) in [6, 6.07) is 9.05. The summed E-state index contributed by atoms with van der Waals surface area (Å²) in [7, 11) is 0. The van der Waals surface area contributed by atoms with Crippen molar-refractivity contribution in [3.05, 3.63) is 53.9 Å². The molecule has 1 atom stereocenters. The lowest BCUT2D eigenvalue weighted by Crippen LogP contribution is -2.35. The lowest BCUT2D eigenvalue weighted by molar-refractivity contribution is -0.133. The van der Waals surface area contributed by atoms with Gasteiger partial charge in [-0.3, -0.25) is 14.7 Å². The van der Waals surface area contributed by atoms with Crippen LogP contribution in [0.4, 0.5) is 11.4 Å². The number of hydrogen-bond donors (Lipinski definition) is 1. The summed E-state index contributed by atoms with van der Waals surface area (Å²) < 4.78 is 11.0. The summed E-state index contributed by atoms with van der Waals surface area (Å²) in [4.78, 5) is 18.3. The van der Waals surface area contributed by atoms with E-state index in [-0.39, 0.29) is 0 Å². The predicted octanol–water partition coefficient (Wildman–Crippen LogP) is 2.01. The van der Waals surface area contributed by atoms with E-state index in [4.69, 9.17) is 9.47 Å². The number of carbonyl (C=O) groups is 1. The molecule has 23 heavy (non-hydrogen) atoms. The highest BCUT2D eigenvalue weighted by molar-refractivity contribution is 6.11. The van der Waals surface area contributed by atoms with Crippen LogP contribution in [-0.4, -0.2) is 29.2 Å². The van der Waals surface area contributed by atoms with Crippen molar-refractivity contribution in [1.82, 2.24) is 4.98 Å². The number of fused-ring (bicyclic) bond motifs is 1. The van der Waals surface area contributed by atoms with Crippen molar-refractivity contribution >= 4 is 17.3 Å². The largest absolute Gasteiger partial charge is 0.375 e. The summed E-state index contributed by atoms with van der Waals surface area (Å²) in [5.41, 5.74) is 1.07. The van der Waals surface area contributed by atoms with Crippen molar-refractivity contribution in [3.63, 3.8) is 0 Å². The van der Waals surface area contributed by atoms with E-state index in [9.17, 15) is 9.90 Å². The van der Waals surface area contributed by atoms with Gasteiger partial charge in [-0.1, -0.05) is 12.1 Å². The molecule has 6 heteroatoms. The molecule has 118 valence electrons. The molecule has 1 fully saturated rings. The van der Waals surface area contributed by atoms with Gasteiger partial charge in [-0.2, -0.15) is 0 Å². The normalized spacial score (nSPS) is 24.3. The second-order valence-corrected chi connectivity index (χ2v) is 5.77. The number of benzene rings is 1. The van der Waals surface area contributed by atoms with Crippen LogP contribution in [0.1, 0.15) is 24.3 Å². The van der Waals surface area contributed by atoms with E-state index in [0.29, 0.717) is 30.2 Å². The third-order valence-corrected chi connectivity index (χ3v) is 4.21. The Hall–Kier alpha value is -2.28. The maximum Gasteiger partial charge on any atom is 0.267 e. The van der Waals surface area contributed by atoms with Gasteiger partial charge in [-0.05, 0) is 25.1 Å². The molecule has 3 heterocycles. The van der Waals surface area contributed by atoms with Crippen LogP contribution in [0.5, 0.6) is 0 Å². The molecule has 2 aliphatic rings. The zero-order chi connectivity index (χ0) is 16.0. The van der Waals surface area contributed by atoms with Gasteiger partial charge in [-0.15, -0.1) is 0 Å². The van der Waals surface area contributed by atoms with Crippen molar-refractivity contribution in [2.24, 2.45) is 0 Å². The third kappa shape index (κ3) is 2.15. The van der Waals surface area contributed by atoms with Gasteiger partial charge in [0.15, 0.2) is 11.9 Å². The quantitative estimate of drug-likeness (QED) is 0.918. The minimum absolute atomic E-state index is 0.397. The fraction of sp³-hybridized carbons (Fsp3) is 0.294. The summed E-state index contributed by atoms with van der Waals surface area (Å²) in [5.74, 6) is -0.397. The van der Waals surface area contributed by atoms with Crippen LogP contribution in [0.2, 0.25) is 0 Å². The highest BCUT2D eigenvalue weighted by atomic mass is 16.7. The molecule has 1 aromatic carbocycles. The summed E-state index contributed by atoms with van der Waals surface area (Å²) in [5, 5.41) is 10.6. The minimum Gasteiger partial charge on any atom is -0.375 e. The number of pyridine rings is 1. The van der Waals surface area contributed by atoms with E-state index in [1.807, 2.05) is 24.3 Å². The Morgan fingerprint density at radius 3 is 2.87 bits per heavy atom. The molecule has 4 rings (SSSR count). The zero-order valence-corrected chi connectivity index (χ0v) is 12.6. The van der Waals surface area contributed by atoms with E-state index in [2.05, 4.69) is 4.98 Å². The molecule has 0 aliphatic carbocycles. The highest BCUT2D eigenvalue weighted by Crippen LogP contribution is 2.43. The molecule has 1 N–H and O–H groups in total. The Balaban J connectivity index is 1.79. The molecule has 1 aromatic heterocycles. The van der Waals surface area contributed by atoms with Crippen molar-refractivity contribution < 1.29 is 19.4 Å². The Kier molecular flexibility index (Phi) is 3.19. The maximum atomic E-state index is 12.7. The van der Waals surface area contributed by atoms with Crippen molar-refractivity contribution in [2.45, 2.75) is 18.8 Å². The molecule has 0 spiro atoms. The Bertz CT molecular complexity index is 769. The minimum atomic E-state index is -1.56. The topological polar surface area (TPSA) is 71.9 Å². The smallest absolute Gasteiger partial charge is 0.267 e. The number of aromatic nitrogens is 1. The summed E-state index contributed by atoms with van der Waals surface area (Å²) in [6.07, 6.45) is 2.74. The van der Waals surface area contributed by atoms with E-state index in [1.165, 1.54) is 11.8 Å². The van der Waals surface area contributed by atoms with E-state index in [1.54, 1.807) is 18.5 Å². The average molecular weight is 312 g/mol. The number of ether oxygens (including phenoxy) is 2. The van der Waals surface area contributed by atoms with E-state index < -0.39 is 17.8 Å². The number of rotatable bonds is 2. The van der Waals surface area contributed by atoms with Crippen LogP contribution >= 0.6 is 0 Å². The second kappa shape index (κ2) is 5.13. The van der Waals surface area contributed by atoms with Crippen LogP contribution < -0.4 is 4.90 Å². The molecule has 1 unspecified atom stereocenters. The van der Waals surface area contributed by atoms with Crippen LogP contribution in [0.15, 0.2) is 42.7 Å². The number of amides is 1. The highest BCUT2D eigenvalue weighted by Gasteiger charge is 2.47. The number of nitrogens with zero attached hydrogens (tertiary/aromatic N) is 2. The number of aliphatic hydroxyl groups is 1. The molecule has 1 saturated heterocycles. The molecule has 2 aromatic rings. The monoisotopic (exact) mass is 312 g/mol. The van der Waals surface area contributed by atoms with Crippen molar-refractivity contribution in [3.8, 4) is 0 Å². The van der Waals surface area contributed by atoms with Crippen LogP contribution in [0.3, 0.4) is 0 Å². The van der Waals surface area contributed by atoms with E-state index in [0.717, 1.165) is 5.56 Å². The Labute approximate surface area is 133 Å². The van der Waals surface area contributed by atoms with Crippen LogP contribution in [0, 0.1) is 0 Å². The number of carbonyl (C=O) groups excluding carboxylic acids is 1. The summed E-state index contributed by atoms with van der Waals surface area (Å²) >= 11 is 0. The van der Waals surface area contributed by atoms with Gasteiger partial charge in [0, 0.05) is 23.0 Å². The molecule has 0 bridgehead atoms. The lowest BCUT2D eigenvalue weighted by atomic mass is 9.99. The van der Waals surface area contributed by atoms with Crippen LogP contribution in [0.25, 0.3) is 0 Å². The second-order valence-electron chi connectivity index (χ2n) is 5.77. The molecule has 2 aliphatic heterocycles. The van der Waals surface area contributed by atoms with Crippen LogP contribution in [-0.2, 0) is 19.9 Å². The van der Waals surface area contributed by atoms with Crippen molar-refractivity contribution in [2.75, 3.05) is 18.1 Å². The first-order valence-electron chi connectivity index (χ1n) is 7.43. The number of anilines is 2. The SMILES string of the molecule is CC1(O)C(=O)N(c2cccc(C3OCCO3)c2)c2cnccc21. The fourth-order valence-electron chi connectivity index (χ4n) is 3.04.